The Kier molecular flexibility index (Phi) is 6.99. The Morgan fingerprint density at radius 3 is 2.38 bits per heavy atom. The highest BCUT2D eigenvalue weighted by atomic mass is 16.6. The highest BCUT2D eigenvalue weighted by Crippen LogP contribution is 2.29. The van der Waals surface area contributed by atoms with E-state index >= 15 is 0 Å². The van der Waals surface area contributed by atoms with Gasteiger partial charge in [0.05, 0.1) is 0 Å². The molecule has 0 bridgehead atoms. The number of alkyl carbamates (subject to hydrolysis) is 1. The first-order chi connectivity index (χ1) is 9.81. The number of carbonyl (C=O) groups excluding carboxylic acids is 2. The number of nitrogens with one attached hydrogen (secondary N) is 2. The number of ether oxygens (including phenoxy) is 1. The summed E-state index contributed by atoms with van der Waals surface area (Å²) < 4.78 is 5.21. The van der Waals surface area contributed by atoms with Crippen molar-refractivity contribution in [3.63, 3.8) is 0 Å². The minimum Gasteiger partial charge on any atom is -0.444 e. The number of carbonyl (C=O) groups is 2. The van der Waals surface area contributed by atoms with Gasteiger partial charge in [0.25, 0.3) is 0 Å². The standard InChI is InChI=1S/C16H30N2O3/c1-16(2,3)21-15(20)18-13(14(19)17-4)11-7-10-12-8-5-6-9-12/h12-13H,5-11H2,1-4H3,(H,17,19)(H,18,20). The topological polar surface area (TPSA) is 67.4 Å². The van der Waals surface area contributed by atoms with Gasteiger partial charge in [0.1, 0.15) is 11.6 Å². The molecule has 122 valence electrons. The van der Waals surface area contributed by atoms with E-state index in [0.717, 1.165) is 18.8 Å². The minimum absolute atomic E-state index is 0.160. The maximum atomic E-state index is 11.9. The van der Waals surface area contributed by atoms with Gasteiger partial charge in [-0.3, -0.25) is 4.79 Å². The summed E-state index contributed by atoms with van der Waals surface area (Å²) in [5.41, 5.74) is -0.554. The van der Waals surface area contributed by atoms with Gasteiger partial charge < -0.3 is 15.4 Å². The number of rotatable bonds is 6. The molecule has 1 unspecified atom stereocenters. The number of likely N-dealkylation sites (N-methyl/N-ethyl adjacent to an activating group) is 1. The van der Waals surface area contributed by atoms with Crippen molar-refractivity contribution in [3.8, 4) is 0 Å². The molecule has 2 N–H and O–H groups in total. The average Bonchev–Trinajstić information content (AvgIpc) is 2.87. The van der Waals surface area contributed by atoms with Crippen LogP contribution < -0.4 is 10.6 Å². The third kappa shape index (κ3) is 7.34. The first-order valence-electron chi connectivity index (χ1n) is 8.03. The van der Waals surface area contributed by atoms with Gasteiger partial charge in [-0.15, -0.1) is 0 Å². The van der Waals surface area contributed by atoms with Gasteiger partial charge in [-0.2, -0.15) is 0 Å². The van der Waals surface area contributed by atoms with Crippen molar-refractivity contribution >= 4 is 12.0 Å². The lowest BCUT2D eigenvalue weighted by Gasteiger charge is -2.23. The molecule has 5 nitrogen and oxygen atoms in total. The second kappa shape index (κ2) is 8.25. The molecule has 0 aromatic carbocycles. The SMILES string of the molecule is CNC(=O)C(CCCC1CCCC1)NC(=O)OC(C)(C)C. The fourth-order valence-electron chi connectivity index (χ4n) is 2.80. The zero-order valence-electron chi connectivity index (χ0n) is 13.8. The van der Waals surface area contributed by atoms with Crippen LogP contribution in [0.1, 0.15) is 65.7 Å². The van der Waals surface area contributed by atoms with Crippen molar-refractivity contribution < 1.29 is 14.3 Å². The fourth-order valence-corrected chi connectivity index (χ4v) is 2.80. The predicted octanol–water partition coefficient (Wildman–Crippen LogP) is 2.99. The predicted molar refractivity (Wildman–Crippen MR) is 83.0 cm³/mol. The van der Waals surface area contributed by atoms with Crippen molar-refractivity contribution in [1.82, 2.24) is 10.6 Å². The summed E-state index contributed by atoms with van der Waals surface area (Å²) in [5.74, 6) is 0.643. The van der Waals surface area contributed by atoms with Crippen LogP contribution in [0.5, 0.6) is 0 Å². The smallest absolute Gasteiger partial charge is 0.408 e. The van der Waals surface area contributed by atoms with Crippen LogP contribution in [0.15, 0.2) is 0 Å². The average molecular weight is 298 g/mol. The van der Waals surface area contributed by atoms with Gasteiger partial charge in [0.15, 0.2) is 0 Å². The molecular formula is C16H30N2O3. The first-order valence-corrected chi connectivity index (χ1v) is 8.03. The summed E-state index contributed by atoms with van der Waals surface area (Å²) in [6.07, 6.45) is 7.52. The van der Waals surface area contributed by atoms with Crippen molar-refractivity contribution in [3.05, 3.63) is 0 Å². The molecule has 1 atom stereocenters. The first kappa shape index (κ1) is 17.8. The summed E-state index contributed by atoms with van der Waals surface area (Å²) in [4.78, 5) is 23.7. The molecule has 1 aliphatic rings. The summed E-state index contributed by atoms with van der Waals surface area (Å²) in [6.45, 7) is 5.42. The third-order valence-corrected chi connectivity index (χ3v) is 3.83. The lowest BCUT2D eigenvalue weighted by Crippen LogP contribution is -2.47. The van der Waals surface area contributed by atoms with Gasteiger partial charge in [-0.25, -0.2) is 4.79 Å². The Morgan fingerprint density at radius 1 is 1.24 bits per heavy atom. The highest BCUT2D eigenvalue weighted by Gasteiger charge is 2.24. The van der Waals surface area contributed by atoms with Crippen LogP contribution in [0.4, 0.5) is 4.79 Å². The van der Waals surface area contributed by atoms with E-state index in [2.05, 4.69) is 10.6 Å². The number of hydrogen-bond acceptors (Lipinski definition) is 3. The lowest BCUT2D eigenvalue weighted by atomic mass is 9.98. The third-order valence-electron chi connectivity index (χ3n) is 3.83. The van der Waals surface area contributed by atoms with E-state index in [1.807, 2.05) is 20.8 Å². The van der Waals surface area contributed by atoms with E-state index in [1.165, 1.54) is 25.7 Å². The van der Waals surface area contributed by atoms with E-state index < -0.39 is 17.7 Å². The summed E-state index contributed by atoms with van der Waals surface area (Å²) >= 11 is 0. The number of hydrogen-bond donors (Lipinski definition) is 2. The molecule has 2 amide bonds. The molecule has 1 fully saturated rings. The number of amides is 2. The van der Waals surface area contributed by atoms with E-state index in [0.29, 0.717) is 6.42 Å². The van der Waals surface area contributed by atoms with Crippen molar-refractivity contribution in [2.45, 2.75) is 77.4 Å². The summed E-state index contributed by atoms with van der Waals surface area (Å²) in [6, 6.07) is -0.508. The monoisotopic (exact) mass is 298 g/mol. The van der Waals surface area contributed by atoms with Crippen LogP contribution in [0, 0.1) is 5.92 Å². The molecule has 0 radical (unpaired) electrons. The zero-order valence-corrected chi connectivity index (χ0v) is 13.8. The van der Waals surface area contributed by atoms with Crippen molar-refractivity contribution in [1.29, 1.82) is 0 Å². The minimum atomic E-state index is -0.554. The van der Waals surface area contributed by atoms with E-state index in [9.17, 15) is 9.59 Å². The van der Waals surface area contributed by atoms with E-state index in [4.69, 9.17) is 4.74 Å². The maximum absolute atomic E-state index is 11.9. The van der Waals surface area contributed by atoms with Crippen LogP contribution in [0.2, 0.25) is 0 Å². The largest absolute Gasteiger partial charge is 0.444 e. The van der Waals surface area contributed by atoms with Gasteiger partial charge in [-0.1, -0.05) is 38.5 Å². The lowest BCUT2D eigenvalue weighted by molar-refractivity contribution is -0.122. The Hall–Kier alpha value is -1.26. The van der Waals surface area contributed by atoms with Crippen LogP contribution in [0.3, 0.4) is 0 Å². The van der Waals surface area contributed by atoms with Gasteiger partial charge >= 0.3 is 6.09 Å². The van der Waals surface area contributed by atoms with Crippen LogP contribution >= 0.6 is 0 Å². The molecular weight excluding hydrogens is 268 g/mol. The molecule has 1 rings (SSSR count). The molecule has 1 aliphatic carbocycles. The highest BCUT2D eigenvalue weighted by molar-refractivity contribution is 5.85. The van der Waals surface area contributed by atoms with E-state index in [-0.39, 0.29) is 5.91 Å². The normalized spacial score (nSPS) is 17.3. The Labute approximate surface area is 128 Å². The van der Waals surface area contributed by atoms with Crippen molar-refractivity contribution in [2.75, 3.05) is 7.05 Å². The Balaban J connectivity index is 2.39. The summed E-state index contributed by atoms with van der Waals surface area (Å²) in [5, 5.41) is 5.28. The molecule has 0 aromatic rings. The van der Waals surface area contributed by atoms with Crippen molar-refractivity contribution in [2.24, 2.45) is 5.92 Å². The molecule has 0 spiro atoms. The maximum Gasteiger partial charge on any atom is 0.408 e. The van der Waals surface area contributed by atoms with Gasteiger partial charge in [-0.05, 0) is 33.1 Å². The van der Waals surface area contributed by atoms with Crippen LogP contribution in [-0.2, 0) is 9.53 Å². The second-order valence-electron chi connectivity index (χ2n) is 6.89. The fraction of sp³-hybridized carbons (Fsp3) is 0.875. The molecule has 1 saturated carbocycles. The molecule has 21 heavy (non-hydrogen) atoms. The van der Waals surface area contributed by atoms with Crippen LogP contribution in [0.25, 0.3) is 0 Å². The van der Waals surface area contributed by atoms with E-state index in [1.54, 1.807) is 7.05 Å². The Bertz CT molecular complexity index is 344. The van der Waals surface area contributed by atoms with Crippen LogP contribution in [-0.4, -0.2) is 30.7 Å². The Morgan fingerprint density at radius 2 is 1.86 bits per heavy atom. The molecule has 0 aromatic heterocycles. The molecule has 5 heteroatoms. The second-order valence-corrected chi connectivity index (χ2v) is 6.89. The molecule has 0 heterocycles. The summed E-state index contributed by atoms with van der Waals surface area (Å²) in [7, 11) is 1.59. The molecule has 0 saturated heterocycles. The van der Waals surface area contributed by atoms with Gasteiger partial charge in [0.2, 0.25) is 5.91 Å². The molecule has 0 aliphatic heterocycles. The van der Waals surface area contributed by atoms with Gasteiger partial charge in [0, 0.05) is 7.05 Å². The zero-order chi connectivity index (χ0) is 15.9. The quantitative estimate of drug-likeness (QED) is 0.792.